The molecule has 0 radical (unpaired) electrons. The van der Waals surface area contributed by atoms with Crippen LogP contribution in [0, 0.1) is 0 Å². The molecular formula is C11H10N2OS. The Morgan fingerprint density at radius 3 is 2.60 bits per heavy atom. The van der Waals surface area contributed by atoms with Gasteiger partial charge < -0.3 is 0 Å². The number of amides is 1. The van der Waals surface area contributed by atoms with Gasteiger partial charge in [0.05, 0.1) is 6.21 Å². The van der Waals surface area contributed by atoms with Crippen LogP contribution in [0.1, 0.15) is 5.56 Å². The zero-order chi connectivity index (χ0) is 10.7. The SMILES string of the molecule is O=C1C=NC(=S)N1CCc1ccccc1. The van der Waals surface area contributed by atoms with Gasteiger partial charge >= 0.3 is 0 Å². The molecule has 4 heteroatoms. The van der Waals surface area contributed by atoms with Gasteiger partial charge in [-0.05, 0) is 24.2 Å². The summed E-state index contributed by atoms with van der Waals surface area (Å²) in [4.78, 5) is 16.6. The fraction of sp³-hybridized carbons (Fsp3) is 0.182. The summed E-state index contributed by atoms with van der Waals surface area (Å²) in [5, 5.41) is 0.371. The molecule has 1 aliphatic rings. The molecule has 0 unspecified atom stereocenters. The minimum atomic E-state index is -0.115. The molecule has 0 atom stereocenters. The van der Waals surface area contributed by atoms with Crippen molar-refractivity contribution < 1.29 is 4.79 Å². The molecule has 2 rings (SSSR count). The molecule has 0 aliphatic carbocycles. The van der Waals surface area contributed by atoms with Crippen LogP contribution in [0.3, 0.4) is 0 Å². The summed E-state index contributed by atoms with van der Waals surface area (Å²) in [6.45, 7) is 0.599. The molecule has 0 saturated heterocycles. The average molecular weight is 218 g/mol. The van der Waals surface area contributed by atoms with Crippen molar-refractivity contribution in [1.29, 1.82) is 0 Å². The zero-order valence-electron chi connectivity index (χ0n) is 8.09. The molecule has 15 heavy (non-hydrogen) atoms. The Morgan fingerprint density at radius 1 is 1.27 bits per heavy atom. The Bertz CT molecular complexity index is 396. The first kappa shape index (κ1) is 9.98. The molecule has 0 N–H and O–H groups in total. The van der Waals surface area contributed by atoms with Gasteiger partial charge in [0, 0.05) is 6.54 Å². The van der Waals surface area contributed by atoms with Crippen molar-refractivity contribution in [2.45, 2.75) is 6.42 Å². The first-order chi connectivity index (χ1) is 7.27. The Labute approximate surface area is 93.4 Å². The first-order valence-electron chi connectivity index (χ1n) is 4.71. The van der Waals surface area contributed by atoms with Crippen molar-refractivity contribution in [1.82, 2.24) is 4.90 Å². The van der Waals surface area contributed by atoms with Crippen molar-refractivity contribution in [3.63, 3.8) is 0 Å². The Hall–Kier alpha value is -1.55. The maximum atomic E-state index is 11.3. The number of hydrogen-bond acceptors (Lipinski definition) is 2. The lowest BCUT2D eigenvalue weighted by atomic mass is 10.1. The van der Waals surface area contributed by atoms with E-state index in [1.165, 1.54) is 16.7 Å². The lowest BCUT2D eigenvalue weighted by Crippen LogP contribution is -2.31. The van der Waals surface area contributed by atoms with E-state index >= 15 is 0 Å². The number of rotatable bonds is 3. The molecular weight excluding hydrogens is 208 g/mol. The van der Waals surface area contributed by atoms with E-state index in [9.17, 15) is 4.79 Å². The predicted molar refractivity (Wildman–Crippen MR) is 62.9 cm³/mol. The van der Waals surface area contributed by atoms with Crippen molar-refractivity contribution >= 4 is 29.5 Å². The third-order valence-electron chi connectivity index (χ3n) is 2.25. The van der Waals surface area contributed by atoms with Gasteiger partial charge in [-0.1, -0.05) is 30.3 Å². The van der Waals surface area contributed by atoms with Crippen molar-refractivity contribution in [2.75, 3.05) is 6.54 Å². The van der Waals surface area contributed by atoms with Crippen LogP contribution in [-0.4, -0.2) is 28.7 Å². The average Bonchev–Trinajstić information content (AvgIpc) is 2.58. The topological polar surface area (TPSA) is 32.7 Å². The first-order valence-corrected chi connectivity index (χ1v) is 5.11. The third-order valence-corrected chi connectivity index (χ3v) is 2.58. The molecule has 0 spiro atoms. The summed E-state index contributed by atoms with van der Waals surface area (Å²) in [5.41, 5.74) is 1.19. The highest BCUT2D eigenvalue weighted by atomic mass is 32.1. The summed E-state index contributed by atoms with van der Waals surface area (Å²) in [7, 11) is 0. The monoisotopic (exact) mass is 218 g/mol. The van der Waals surface area contributed by atoms with E-state index in [0.29, 0.717) is 11.7 Å². The largest absolute Gasteiger partial charge is 0.282 e. The molecule has 1 aliphatic heterocycles. The minimum Gasteiger partial charge on any atom is -0.282 e. The molecule has 0 fully saturated rings. The summed E-state index contributed by atoms with van der Waals surface area (Å²) in [6.07, 6.45) is 2.07. The second kappa shape index (κ2) is 4.31. The molecule has 76 valence electrons. The highest BCUT2D eigenvalue weighted by molar-refractivity contribution is 7.80. The predicted octanol–water partition coefficient (Wildman–Crippen LogP) is 1.43. The Balaban J connectivity index is 1.95. The van der Waals surface area contributed by atoms with E-state index in [1.54, 1.807) is 0 Å². The summed E-state index contributed by atoms with van der Waals surface area (Å²) in [6, 6.07) is 10.00. The van der Waals surface area contributed by atoms with E-state index < -0.39 is 0 Å². The van der Waals surface area contributed by atoms with Crippen LogP contribution in [0.4, 0.5) is 0 Å². The van der Waals surface area contributed by atoms with E-state index in [4.69, 9.17) is 12.2 Å². The normalized spacial score (nSPS) is 15.1. The summed E-state index contributed by atoms with van der Waals surface area (Å²) < 4.78 is 0. The molecule has 1 aromatic carbocycles. The minimum absolute atomic E-state index is 0.115. The van der Waals surface area contributed by atoms with E-state index in [2.05, 4.69) is 4.99 Å². The summed E-state index contributed by atoms with van der Waals surface area (Å²) >= 11 is 4.94. The van der Waals surface area contributed by atoms with Crippen LogP contribution >= 0.6 is 12.2 Å². The second-order valence-corrected chi connectivity index (χ2v) is 3.63. The van der Waals surface area contributed by atoms with Gasteiger partial charge in [-0.25, -0.2) is 4.99 Å². The molecule has 0 bridgehead atoms. The van der Waals surface area contributed by atoms with Gasteiger partial charge in [0.15, 0.2) is 0 Å². The quantitative estimate of drug-likeness (QED) is 0.719. The van der Waals surface area contributed by atoms with Crippen molar-refractivity contribution in [3.8, 4) is 0 Å². The highest BCUT2D eigenvalue weighted by Crippen LogP contribution is 2.05. The van der Waals surface area contributed by atoms with Crippen molar-refractivity contribution in [2.24, 2.45) is 4.99 Å². The van der Waals surface area contributed by atoms with Crippen LogP contribution in [0.5, 0.6) is 0 Å². The lowest BCUT2D eigenvalue weighted by molar-refractivity contribution is -0.119. The molecule has 1 aromatic rings. The third kappa shape index (κ3) is 2.27. The molecule has 1 amide bonds. The van der Waals surface area contributed by atoms with Crippen LogP contribution in [0.25, 0.3) is 0 Å². The van der Waals surface area contributed by atoms with Gasteiger partial charge in [0.1, 0.15) is 0 Å². The molecule has 0 saturated carbocycles. The van der Waals surface area contributed by atoms with Crippen LogP contribution in [-0.2, 0) is 11.2 Å². The van der Waals surface area contributed by atoms with Crippen LogP contribution in [0.2, 0.25) is 0 Å². The van der Waals surface area contributed by atoms with Crippen LogP contribution < -0.4 is 0 Å². The zero-order valence-corrected chi connectivity index (χ0v) is 8.91. The number of nitrogens with zero attached hydrogens (tertiary/aromatic N) is 2. The molecule has 3 nitrogen and oxygen atoms in total. The number of benzene rings is 1. The number of carbonyl (C=O) groups excluding carboxylic acids is 1. The maximum Gasteiger partial charge on any atom is 0.271 e. The standard InChI is InChI=1S/C11H10N2OS/c14-10-8-12-11(15)13(10)7-6-9-4-2-1-3-5-9/h1-5,8H,6-7H2. The lowest BCUT2D eigenvalue weighted by Gasteiger charge is -2.13. The number of thiocarbonyl (C=S) groups is 1. The fourth-order valence-corrected chi connectivity index (χ4v) is 1.67. The van der Waals surface area contributed by atoms with E-state index in [0.717, 1.165) is 6.42 Å². The number of carbonyl (C=O) groups is 1. The van der Waals surface area contributed by atoms with Gasteiger partial charge in [0.25, 0.3) is 5.91 Å². The Kier molecular flexibility index (Phi) is 2.87. The number of hydrogen-bond donors (Lipinski definition) is 0. The highest BCUT2D eigenvalue weighted by Gasteiger charge is 2.20. The van der Waals surface area contributed by atoms with E-state index in [1.807, 2.05) is 30.3 Å². The second-order valence-electron chi connectivity index (χ2n) is 3.27. The Morgan fingerprint density at radius 2 is 2.00 bits per heavy atom. The molecule has 0 aromatic heterocycles. The van der Waals surface area contributed by atoms with E-state index in [-0.39, 0.29) is 5.91 Å². The van der Waals surface area contributed by atoms with Gasteiger partial charge in [0.2, 0.25) is 5.11 Å². The van der Waals surface area contributed by atoms with Gasteiger partial charge in [-0.15, -0.1) is 0 Å². The molecule has 1 heterocycles. The van der Waals surface area contributed by atoms with Gasteiger partial charge in [-0.3, -0.25) is 9.69 Å². The smallest absolute Gasteiger partial charge is 0.271 e. The van der Waals surface area contributed by atoms with Crippen LogP contribution in [0.15, 0.2) is 35.3 Å². The van der Waals surface area contributed by atoms with Gasteiger partial charge in [-0.2, -0.15) is 0 Å². The number of aliphatic imine (C=N–C) groups is 1. The maximum absolute atomic E-state index is 11.3. The summed E-state index contributed by atoms with van der Waals surface area (Å²) in [5.74, 6) is -0.115. The fourth-order valence-electron chi connectivity index (χ4n) is 1.44. The van der Waals surface area contributed by atoms with Crippen molar-refractivity contribution in [3.05, 3.63) is 35.9 Å².